The lowest BCUT2D eigenvalue weighted by molar-refractivity contribution is 0.0919. The third-order valence-electron chi connectivity index (χ3n) is 5.38. The van der Waals surface area contributed by atoms with E-state index in [9.17, 15) is 9.90 Å². The molecule has 0 fully saturated rings. The van der Waals surface area contributed by atoms with Crippen molar-refractivity contribution < 1.29 is 9.84 Å². The van der Waals surface area contributed by atoms with Crippen molar-refractivity contribution in [2.75, 3.05) is 6.61 Å². The van der Waals surface area contributed by atoms with E-state index < -0.39 is 6.10 Å². The fraction of sp³-hybridized carbons (Fsp3) is 0.304. The van der Waals surface area contributed by atoms with Gasteiger partial charge in [-0.15, -0.1) is 0 Å². The van der Waals surface area contributed by atoms with E-state index in [1.54, 1.807) is 15.1 Å². The first-order chi connectivity index (χ1) is 13.9. The normalized spacial score (nSPS) is 12.6. The minimum atomic E-state index is -0.841. The molecule has 0 aliphatic rings. The Balaban J connectivity index is 1.66. The zero-order valence-electron chi connectivity index (χ0n) is 17.1. The van der Waals surface area contributed by atoms with Gasteiger partial charge in [0.05, 0.1) is 23.1 Å². The summed E-state index contributed by atoms with van der Waals surface area (Å²) >= 11 is 0. The Bertz CT molecular complexity index is 1270. The molecular weight excluding hydrogens is 366 g/mol. The van der Waals surface area contributed by atoms with E-state index in [2.05, 4.69) is 11.2 Å². The molecule has 0 bridgehead atoms. The average molecular weight is 391 g/mol. The molecule has 2 aromatic heterocycles. The van der Waals surface area contributed by atoms with Crippen molar-refractivity contribution in [3.05, 3.63) is 75.2 Å². The number of para-hydroxylation sites is 1. The number of ether oxygens (including phenoxy) is 1. The number of nitrogens with zero attached hydrogens (tertiary/aromatic N) is 3. The number of hydrogen-bond acceptors (Lipinski definition) is 4. The summed E-state index contributed by atoms with van der Waals surface area (Å²) < 4.78 is 9.27. The molecule has 4 aromatic rings. The van der Waals surface area contributed by atoms with Crippen molar-refractivity contribution in [1.29, 1.82) is 0 Å². The van der Waals surface area contributed by atoms with E-state index in [1.165, 1.54) is 0 Å². The Morgan fingerprint density at radius 3 is 2.59 bits per heavy atom. The molecular formula is C23H25N3O3. The number of hydrogen-bond donors (Lipinski definition) is 1. The van der Waals surface area contributed by atoms with Crippen molar-refractivity contribution in [3.63, 3.8) is 0 Å². The summed E-state index contributed by atoms with van der Waals surface area (Å²) in [6, 6.07) is 13.3. The number of aliphatic hydroxyl groups is 1. The maximum absolute atomic E-state index is 13.1. The van der Waals surface area contributed by atoms with E-state index in [0.29, 0.717) is 11.0 Å². The highest BCUT2D eigenvalue weighted by atomic mass is 16.5. The van der Waals surface area contributed by atoms with Crippen molar-refractivity contribution >= 4 is 16.6 Å². The third-order valence-corrected chi connectivity index (χ3v) is 5.38. The molecule has 0 saturated carbocycles. The van der Waals surface area contributed by atoms with E-state index in [1.807, 2.05) is 58.0 Å². The van der Waals surface area contributed by atoms with Gasteiger partial charge in [0.2, 0.25) is 0 Å². The van der Waals surface area contributed by atoms with Crippen LogP contribution in [-0.4, -0.2) is 32.0 Å². The summed E-state index contributed by atoms with van der Waals surface area (Å²) in [6.07, 6.45) is -0.841. The minimum absolute atomic E-state index is 0.101. The van der Waals surface area contributed by atoms with E-state index >= 15 is 0 Å². The van der Waals surface area contributed by atoms with Crippen molar-refractivity contribution in [3.8, 4) is 5.75 Å². The summed E-state index contributed by atoms with van der Waals surface area (Å²) in [5, 5.41) is 15.8. The fourth-order valence-electron chi connectivity index (χ4n) is 3.71. The Hall–Kier alpha value is -3.12. The van der Waals surface area contributed by atoms with Crippen LogP contribution in [0.25, 0.3) is 16.6 Å². The van der Waals surface area contributed by atoms with Crippen molar-refractivity contribution in [2.24, 2.45) is 0 Å². The van der Waals surface area contributed by atoms with E-state index in [-0.39, 0.29) is 18.7 Å². The van der Waals surface area contributed by atoms with Gasteiger partial charge < -0.3 is 9.84 Å². The van der Waals surface area contributed by atoms with E-state index in [4.69, 9.17) is 4.74 Å². The maximum atomic E-state index is 13.1. The molecule has 0 saturated heterocycles. The first-order valence-corrected chi connectivity index (χ1v) is 9.72. The summed E-state index contributed by atoms with van der Waals surface area (Å²) in [5.41, 5.74) is 5.32. The standard InChI is InChI=1S/C23H25N3O3/c1-14-9-10-15(2)22(17(14)4)29-13-18(27)12-25-21-11-16(3)24-26(21)20-8-6-5-7-19(20)23(25)28/h5-11,18,27H,12-13H2,1-4H3. The maximum Gasteiger partial charge on any atom is 0.261 e. The van der Waals surface area contributed by atoms with Gasteiger partial charge in [0.1, 0.15) is 24.1 Å². The third kappa shape index (κ3) is 3.40. The average Bonchev–Trinajstić information content (AvgIpc) is 3.10. The number of aliphatic hydroxyl groups excluding tert-OH is 1. The van der Waals surface area contributed by atoms with Crippen LogP contribution in [-0.2, 0) is 6.54 Å². The highest BCUT2D eigenvalue weighted by Gasteiger charge is 2.16. The lowest BCUT2D eigenvalue weighted by Gasteiger charge is -2.18. The van der Waals surface area contributed by atoms with Crippen LogP contribution < -0.4 is 10.3 Å². The zero-order valence-corrected chi connectivity index (χ0v) is 17.1. The number of benzene rings is 2. The predicted molar refractivity (Wildman–Crippen MR) is 114 cm³/mol. The van der Waals surface area contributed by atoms with Crippen LogP contribution in [0.3, 0.4) is 0 Å². The SMILES string of the molecule is Cc1cc2n(CC(O)COc3c(C)ccc(C)c3C)c(=O)c3ccccc3n2n1. The molecule has 6 nitrogen and oxygen atoms in total. The van der Waals surface area contributed by atoms with Crippen LogP contribution in [0.4, 0.5) is 0 Å². The second-order valence-corrected chi connectivity index (χ2v) is 7.61. The van der Waals surface area contributed by atoms with Gasteiger partial charge in [-0.25, -0.2) is 4.52 Å². The summed E-state index contributed by atoms with van der Waals surface area (Å²) in [6.45, 7) is 8.15. The molecule has 0 spiro atoms. The topological polar surface area (TPSA) is 68.8 Å². The number of aromatic nitrogens is 3. The Labute approximate surface area is 169 Å². The Kier molecular flexibility index (Phi) is 4.88. The molecule has 0 radical (unpaired) electrons. The van der Waals surface area contributed by atoms with Crippen LogP contribution in [0.15, 0.2) is 47.3 Å². The van der Waals surface area contributed by atoms with Gasteiger partial charge in [-0.1, -0.05) is 24.3 Å². The summed E-state index contributed by atoms with van der Waals surface area (Å²) in [7, 11) is 0. The summed E-state index contributed by atoms with van der Waals surface area (Å²) in [4.78, 5) is 13.1. The lowest BCUT2D eigenvalue weighted by atomic mass is 10.1. The van der Waals surface area contributed by atoms with Gasteiger partial charge in [-0.05, 0) is 56.5 Å². The monoisotopic (exact) mass is 391 g/mol. The van der Waals surface area contributed by atoms with Crippen LogP contribution in [0.1, 0.15) is 22.4 Å². The number of fused-ring (bicyclic) bond motifs is 3. The smallest absolute Gasteiger partial charge is 0.261 e. The largest absolute Gasteiger partial charge is 0.490 e. The van der Waals surface area contributed by atoms with Crippen LogP contribution >= 0.6 is 0 Å². The molecule has 4 rings (SSSR count). The minimum Gasteiger partial charge on any atom is -0.490 e. The number of aryl methyl sites for hydroxylation is 3. The van der Waals surface area contributed by atoms with Gasteiger partial charge >= 0.3 is 0 Å². The van der Waals surface area contributed by atoms with Crippen molar-refractivity contribution in [2.45, 2.75) is 40.3 Å². The number of rotatable bonds is 5. The van der Waals surface area contributed by atoms with Crippen LogP contribution in [0.2, 0.25) is 0 Å². The quantitative estimate of drug-likeness (QED) is 0.567. The van der Waals surface area contributed by atoms with Gasteiger partial charge in [-0.2, -0.15) is 5.10 Å². The molecule has 1 atom stereocenters. The molecule has 6 heteroatoms. The molecule has 0 aliphatic heterocycles. The Morgan fingerprint density at radius 1 is 1.07 bits per heavy atom. The van der Waals surface area contributed by atoms with Gasteiger partial charge in [0.15, 0.2) is 0 Å². The second-order valence-electron chi connectivity index (χ2n) is 7.61. The van der Waals surface area contributed by atoms with E-state index in [0.717, 1.165) is 33.7 Å². The molecule has 2 aromatic carbocycles. The highest BCUT2D eigenvalue weighted by molar-refractivity contribution is 5.80. The van der Waals surface area contributed by atoms with Gasteiger partial charge in [0, 0.05) is 6.07 Å². The molecule has 1 N–H and O–H groups in total. The van der Waals surface area contributed by atoms with Gasteiger partial charge in [0.25, 0.3) is 5.56 Å². The van der Waals surface area contributed by atoms with Crippen molar-refractivity contribution in [1.82, 2.24) is 14.2 Å². The molecule has 1 unspecified atom stereocenters. The molecule has 29 heavy (non-hydrogen) atoms. The predicted octanol–water partition coefficient (Wildman–Crippen LogP) is 3.32. The molecule has 150 valence electrons. The summed E-state index contributed by atoms with van der Waals surface area (Å²) in [5.74, 6) is 0.792. The Morgan fingerprint density at radius 2 is 1.79 bits per heavy atom. The molecule has 0 aliphatic carbocycles. The second kappa shape index (κ2) is 7.37. The molecule has 0 amide bonds. The highest BCUT2D eigenvalue weighted by Crippen LogP contribution is 2.26. The molecule has 2 heterocycles. The van der Waals surface area contributed by atoms with Crippen LogP contribution in [0, 0.1) is 27.7 Å². The first-order valence-electron chi connectivity index (χ1n) is 9.72. The van der Waals surface area contributed by atoms with Crippen LogP contribution in [0.5, 0.6) is 5.75 Å². The lowest BCUT2D eigenvalue weighted by Crippen LogP contribution is -2.31. The zero-order chi connectivity index (χ0) is 20.7. The first kappa shape index (κ1) is 19.2. The fourth-order valence-corrected chi connectivity index (χ4v) is 3.71. The van der Waals surface area contributed by atoms with Gasteiger partial charge in [-0.3, -0.25) is 9.36 Å².